The van der Waals surface area contributed by atoms with Gasteiger partial charge in [0, 0.05) is 25.5 Å². The molecule has 1 atom stereocenters. The number of hydrogen-bond donors (Lipinski definition) is 0. The van der Waals surface area contributed by atoms with E-state index >= 15 is 0 Å². The zero-order chi connectivity index (χ0) is 22.3. The summed E-state index contributed by atoms with van der Waals surface area (Å²) in [5.41, 5.74) is 4.94. The normalized spacial score (nSPS) is 13.2. The maximum absolute atomic E-state index is 12.8. The molecule has 0 spiro atoms. The highest BCUT2D eigenvalue weighted by Crippen LogP contribution is 2.26. The quantitative estimate of drug-likeness (QED) is 0.221. The average Bonchev–Trinajstić information content (AvgIpc) is 2.74. The Labute approximate surface area is 176 Å². The molecule has 4 nitrogen and oxygen atoms in total. The van der Waals surface area contributed by atoms with Crippen LogP contribution in [0.25, 0.3) is 11.3 Å². The van der Waals surface area contributed by atoms with Crippen LogP contribution in [0.15, 0.2) is 71.4 Å². The first kappa shape index (κ1) is 23.0. The minimum atomic E-state index is -2.79. The number of alkyl halides is 2. The van der Waals surface area contributed by atoms with Crippen LogP contribution < -0.4 is 0 Å². The molecule has 0 aliphatic rings. The highest BCUT2D eigenvalue weighted by Gasteiger charge is 2.17. The van der Waals surface area contributed by atoms with Crippen molar-refractivity contribution < 1.29 is 13.5 Å². The average molecular weight is 411 g/mol. The van der Waals surface area contributed by atoms with E-state index in [0.717, 1.165) is 16.7 Å². The second-order valence-electron chi connectivity index (χ2n) is 6.89. The molecule has 0 amide bonds. The van der Waals surface area contributed by atoms with Crippen molar-refractivity contribution >= 4 is 23.9 Å². The van der Waals surface area contributed by atoms with Crippen LogP contribution in [0, 0.1) is 6.92 Å². The third kappa shape index (κ3) is 5.86. The Morgan fingerprint density at radius 2 is 1.80 bits per heavy atom. The number of aryl methyl sites for hydroxylation is 1. The summed E-state index contributed by atoms with van der Waals surface area (Å²) in [6, 6.07) is 15.5. The second-order valence-corrected chi connectivity index (χ2v) is 6.89. The lowest BCUT2D eigenvalue weighted by Crippen LogP contribution is -2.16. The van der Waals surface area contributed by atoms with Crippen molar-refractivity contribution in [1.29, 1.82) is 0 Å². The summed E-state index contributed by atoms with van der Waals surface area (Å²) >= 11 is 0. The lowest BCUT2D eigenvalue weighted by Gasteiger charge is -2.24. The third-order valence-corrected chi connectivity index (χ3v) is 4.71. The van der Waals surface area contributed by atoms with Crippen molar-refractivity contribution in [3.05, 3.63) is 83.6 Å². The van der Waals surface area contributed by atoms with E-state index in [4.69, 9.17) is 4.74 Å². The van der Waals surface area contributed by atoms with Gasteiger partial charge < -0.3 is 4.74 Å². The summed E-state index contributed by atoms with van der Waals surface area (Å²) in [6.45, 7) is 13.5. The maximum atomic E-state index is 12.8. The molecule has 6 heteroatoms. The monoisotopic (exact) mass is 411 g/mol. The van der Waals surface area contributed by atoms with Crippen LogP contribution in [0.5, 0.6) is 0 Å². The van der Waals surface area contributed by atoms with E-state index in [1.54, 1.807) is 17.1 Å². The van der Waals surface area contributed by atoms with Crippen LogP contribution in [-0.2, 0) is 4.74 Å². The van der Waals surface area contributed by atoms with Crippen molar-refractivity contribution in [2.45, 2.75) is 33.2 Å². The van der Waals surface area contributed by atoms with Crippen molar-refractivity contribution in [3.63, 3.8) is 0 Å². The molecule has 0 fully saturated rings. The smallest absolute Gasteiger partial charge is 0.312 e. The Bertz CT molecular complexity index is 949. The van der Waals surface area contributed by atoms with Crippen molar-refractivity contribution in [2.24, 2.45) is 10.1 Å². The van der Waals surface area contributed by atoms with Gasteiger partial charge in [-0.05, 0) is 37.5 Å². The molecular weight excluding hydrogens is 384 g/mol. The van der Waals surface area contributed by atoms with E-state index in [1.807, 2.05) is 38.2 Å². The molecule has 30 heavy (non-hydrogen) atoms. The first-order valence-corrected chi connectivity index (χ1v) is 9.49. The molecular formula is C24H27F2N3O. The lowest BCUT2D eigenvalue weighted by atomic mass is 10.0. The third-order valence-electron chi connectivity index (χ3n) is 4.71. The Kier molecular flexibility index (Phi) is 8.04. The summed E-state index contributed by atoms with van der Waals surface area (Å²) in [6.07, 6.45) is -0.837. The number of hydrazone groups is 1. The van der Waals surface area contributed by atoms with Gasteiger partial charge in [0.15, 0.2) is 0 Å². The lowest BCUT2D eigenvalue weighted by molar-refractivity contribution is 0.196. The molecule has 0 aromatic heterocycles. The van der Waals surface area contributed by atoms with Gasteiger partial charge in [-0.1, -0.05) is 60.7 Å². The number of ether oxygens (including phenoxy) is 1. The fraction of sp³-hybridized carbons (Fsp3) is 0.250. The molecule has 2 rings (SSSR count). The number of benzene rings is 2. The van der Waals surface area contributed by atoms with Gasteiger partial charge in [0.05, 0.1) is 6.04 Å². The summed E-state index contributed by atoms with van der Waals surface area (Å²) < 4.78 is 30.7. The Balaban J connectivity index is 2.17. The molecule has 0 aliphatic heterocycles. The van der Waals surface area contributed by atoms with Gasteiger partial charge in [0.1, 0.15) is 5.76 Å². The predicted octanol–water partition coefficient (Wildman–Crippen LogP) is 6.32. The van der Waals surface area contributed by atoms with Gasteiger partial charge >= 0.3 is 6.43 Å². The zero-order valence-corrected chi connectivity index (χ0v) is 17.8. The molecule has 2 aromatic rings. The van der Waals surface area contributed by atoms with E-state index in [9.17, 15) is 8.78 Å². The molecule has 2 aromatic carbocycles. The number of allylic oxidation sites excluding steroid dienone is 1. The Hall–Kier alpha value is -3.28. The van der Waals surface area contributed by atoms with Gasteiger partial charge in [-0.25, -0.2) is 0 Å². The van der Waals surface area contributed by atoms with Crippen LogP contribution in [0.1, 0.15) is 42.1 Å². The maximum Gasteiger partial charge on any atom is 0.312 e. The van der Waals surface area contributed by atoms with E-state index in [-0.39, 0.29) is 11.8 Å². The van der Waals surface area contributed by atoms with Gasteiger partial charge in [-0.2, -0.15) is 13.9 Å². The molecule has 1 unspecified atom stereocenters. The molecule has 0 saturated carbocycles. The van der Waals surface area contributed by atoms with Crippen LogP contribution in [0.4, 0.5) is 8.78 Å². The molecule has 0 N–H and O–H groups in total. The van der Waals surface area contributed by atoms with Gasteiger partial charge in [-0.3, -0.25) is 10.0 Å². The van der Waals surface area contributed by atoms with Crippen LogP contribution >= 0.6 is 0 Å². The fourth-order valence-corrected chi connectivity index (χ4v) is 2.91. The number of halogens is 2. The zero-order valence-electron chi connectivity index (χ0n) is 17.8. The minimum absolute atomic E-state index is 0.0840. The van der Waals surface area contributed by atoms with E-state index in [0.29, 0.717) is 5.56 Å². The number of aliphatic imine (C=N–C) groups is 1. The summed E-state index contributed by atoms with van der Waals surface area (Å²) in [5.74, 6) is -0.541. The SMILES string of the molecule is C=NN(/C=C(\C)c1cccc(C)c1)C(C)c1ccc(C(=C)OC(=NC)C(F)F)cc1. The van der Waals surface area contributed by atoms with Crippen LogP contribution in [0.3, 0.4) is 0 Å². The summed E-state index contributed by atoms with van der Waals surface area (Å²) in [4.78, 5) is 3.44. The number of hydrogen-bond acceptors (Lipinski definition) is 4. The molecule has 0 heterocycles. The van der Waals surface area contributed by atoms with Gasteiger partial charge in [0.2, 0.25) is 0 Å². The number of nitrogens with zero attached hydrogens (tertiary/aromatic N) is 3. The van der Waals surface area contributed by atoms with Gasteiger partial charge in [-0.15, -0.1) is 0 Å². The van der Waals surface area contributed by atoms with Crippen LogP contribution in [0.2, 0.25) is 0 Å². The van der Waals surface area contributed by atoms with E-state index in [2.05, 4.69) is 48.5 Å². The fourth-order valence-electron chi connectivity index (χ4n) is 2.91. The Morgan fingerprint density at radius 1 is 1.13 bits per heavy atom. The first-order valence-electron chi connectivity index (χ1n) is 9.49. The molecule has 0 radical (unpaired) electrons. The standard InChI is InChI=1S/C24H27F2N3O/c1-16-8-7-9-22(14-16)17(2)15-29(28-6)18(3)20-10-12-21(13-11-20)19(4)30-24(27-5)23(25)26/h7-15,18,23H,4,6H2,1-3,5H3/b17-15+,27-24?. The van der Waals surface area contributed by atoms with Crippen molar-refractivity contribution in [1.82, 2.24) is 5.01 Å². The summed E-state index contributed by atoms with van der Waals surface area (Å²) in [5, 5.41) is 5.93. The van der Waals surface area contributed by atoms with Gasteiger partial charge in [0.25, 0.3) is 5.90 Å². The highest BCUT2D eigenvalue weighted by molar-refractivity contribution is 5.84. The van der Waals surface area contributed by atoms with Crippen molar-refractivity contribution in [2.75, 3.05) is 7.05 Å². The first-order chi connectivity index (χ1) is 14.3. The largest absolute Gasteiger partial charge is 0.438 e. The molecule has 0 bridgehead atoms. The van der Waals surface area contributed by atoms with E-state index < -0.39 is 12.3 Å². The van der Waals surface area contributed by atoms with E-state index in [1.165, 1.54) is 12.6 Å². The van der Waals surface area contributed by atoms with Crippen LogP contribution in [-0.4, -0.2) is 31.1 Å². The topological polar surface area (TPSA) is 37.2 Å². The highest BCUT2D eigenvalue weighted by atomic mass is 19.3. The van der Waals surface area contributed by atoms with Crippen molar-refractivity contribution in [3.8, 4) is 0 Å². The second kappa shape index (κ2) is 10.5. The molecule has 0 saturated heterocycles. The molecule has 0 aliphatic carbocycles. The molecule has 158 valence electrons. The minimum Gasteiger partial charge on any atom is -0.438 e. The Morgan fingerprint density at radius 3 is 2.33 bits per heavy atom. The number of rotatable bonds is 8. The predicted molar refractivity (Wildman–Crippen MR) is 121 cm³/mol. The summed E-state index contributed by atoms with van der Waals surface area (Å²) in [7, 11) is 1.25.